The summed E-state index contributed by atoms with van der Waals surface area (Å²) >= 11 is 0. The van der Waals surface area contributed by atoms with E-state index in [0.29, 0.717) is 6.61 Å². The van der Waals surface area contributed by atoms with Crippen LogP contribution in [-0.4, -0.2) is 30.6 Å². The molecule has 0 spiro atoms. The molecule has 0 amide bonds. The number of unbranched alkanes of at least 4 members (excludes halogenated alkanes) is 1. The summed E-state index contributed by atoms with van der Waals surface area (Å²) in [6, 6.07) is 4.90. The lowest BCUT2D eigenvalue weighted by atomic mass is 9.87. The summed E-state index contributed by atoms with van der Waals surface area (Å²) in [6.07, 6.45) is 1.66. The van der Waals surface area contributed by atoms with Gasteiger partial charge in [0.15, 0.2) is 0 Å². The van der Waals surface area contributed by atoms with E-state index in [1.54, 1.807) is 26.8 Å². The highest BCUT2D eigenvalue weighted by Crippen LogP contribution is 2.33. The van der Waals surface area contributed by atoms with Crippen LogP contribution in [0.25, 0.3) is 5.53 Å². The monoisotopic (exact) mass is 394 g/mol. The van der Waals surface area contributed by atoms with Crippen molar-refractivity contribution in [1.82, 2.24) is 0 Å². The highest BCUT2D eigenvalue weighted by molar-refractivity contribution is 8.08. The van der Waals surface area contributed by atoms with Gasteiger partial charge in [0.1, 0.15) is 10.6 Å². The Kier molecular flexibility index (Phi) is 7.14. The molecule has 0 aliphatic heterocycles. The fraction of sp³-hybridized carbons (Fsp3) is 0.600. The van der Waals surface area contributed by atoms with E-state index < -0.39 is 26.1 Å². The molecule has 0 aliphatic rings. The van der Waals surface area contributed by atoms with Gasteiger partial charge in [0, 0.05) is 5.41 Å². The SMILES string of the molecule is CCCCOc1ccc(C(C)(C)C)cc1S(=O)(=O)C(=[N+]=[N-])C(=O)C(C)(C)C. The van der Waals surface area contributed by atoms with Crippen LogP contribution in [0, 0.1) is 5.41 Å². The zero-order valence-corrected chi connectivity index (χ0v) is 18.1. The Morgan fingerprint density at radius 3 is 2.19 bits per heavy atom. The van der Waals surface area contributed by atoms with Crippen LogP contribution in [0.15, 0.2) is 23.1 Å². The molecule has 1 rings (SSSR count). The first-order valence-corrected chi connectivity index (χ1v) is 10.5. The van der Waals surface area contributed by atoms with Gasteiger partial charge in [-0.25, -0.2) is 8.42 Å². The number of sulfone groups is 1. The largest absolute Gasteiger partial charge is 0.492 e. The molecule has 0 atom stereocenters. The van der Waals surface area contributed by atoms with Crippen LogP contribution < -0.4 is 4.74 Å². The van der Waals surface area contributed by atoms with Crippen molar-refractivity contribution in [3.63, 3.8) is 0 Å². The highest BCUT2D eigenvalue weighted by atomic mass is 32.2. The van der Waals surface area contributed by atoms with Crippen molar-refractivity contribution in [2.24, 2.45) is 5.41 Å². The van der Waals surface area contributed by atoms with Gasteiger partial charge in [0.2, 0.25) is 0 Å². The van der Waals surface area contributed by atoms with Crippen LogP contribution in [-0.2, 0) is 20.0 Å². The average molecular weight is 395 g/mol. The number of rotatable bonds is 6. The van der Waals surface area contributed by atoms with Crippen molar-refractivity contribution in [3.8, 4) is 5.75 Å². The van der Waals surface area contributed by atoms with Crippen LogP contribution >= 0.6 is 0 Å². The molecular weight excluding hydrogens is 364 g/mol. The third-order valence-corrected chi connectivity index (χ3v) is 5.75. The van der Waals surface area contributed by atoms with Gasteiger partial charge in [-0.3, -0.25) is 4.79 Å². The van der Waals surface area contributed by atoms with Crippen LogP contribution in [0.2, 0.25) is 0 Å². The summed E-state index contributed by atoms with van der Waals surface area (Å²) < 4.78 is 32.0. The standard InChI is InChI=1S/C20H30N2O4S/c1-8-9-12-26-15-11-10-14(19(2,3)4)13-16(15)27(24,25)18(22-21)17(23)20(5,6)7/h10-11,13H,8-9,12H2,1-7H3. The van der Waals surface area contributed by atoms with Crippen molar-refractivity contribution < 1.29 is 22.7 Å². The number of Topliss-reactive ketones (excluding diaryl/α,β-unsaturated/α-hetero) is 1. The molecule has 0 unspecified atom stereocenters. The van der Waals surface area contributed by atoms with Crippen molar-refractivity contribution in [2.75, 3.05) is 6.61 Å². The Balaban J connectivity index is 3.62. The van der Waals surface area contributed by atoms with E-state index in [4.69, 9.17) is 4.74 Å². The number of hydrogen-bond donors (Lipinski definition) is 0. The minimum atomic E-state index is -4.36. The van der Waals surface area contributed by atoms with Gasteiger partial charge in [0.25, 0.3) is 15.6 Å². The van der Waals surface area contributed by atoms with E-state index in [9.17, 15) is 18.7 Å². The van der Waals surface area contributed by atoms with Crippen molar-refractivity contribution >= 4 is 20.7 Å². The lowest BCUT2D eigenvalue weighted by molar-refractivity contribution is -0.123. The van der Waals surface area contributed by atoms with Crippen LogP contribution in [0.1, 0.15) is 66.9 Å². The molecule has 0 saturated heterocycles. The van der Waals surface area contributed by atoms with E-state index in [1.165, 1.54) is 6.07 Å². The number of hydrogen-bond acceptors (Lipinski definition) is 4. The normalized spacial score (nSPS) is 12.4. The minimum Gasteiger partial charge on any atom is -0.492 e. The van der Waals surface area contributed by atoms with Gasteiger partial charge < -0.3 is 10.3 Å². The zero-order valence-electron chi connectivity index (χ0n) is 17.3. The first-order chi connectivity index (χ1) is 12.3. The van der Waals surface area contributed by atoms with E-state index >= 15 is 0 Å². The summed E-state index contributed by atoms with van der Waals surface area (Å²) in [6.45, 7) is 12.9. The molecule has 0 fully saturated rings. The quantitative estimate of drug-likeness (QED) is 0.238. The molecule has 0 aliphatic carbocycles. The summed E-state index contributed by atoms with van der Waals surface area (Å²) in [5, 5.41) is -0.874. The molecule has 1 aromatic carbocycles. The van der Waals surface area contributed by atoms with Gasteiger partial charge in [-0.05, 0) is 29.5 Å². The fourth-order valence-corrected chi connectivity index (χ4v) is 3.82. The van der Waals surface area contributed by atoms with E-state index in [1.807, 2.05) is 33.8 Å². The second-order valence-electron chi connectivity index (χ2n) is 8.60. The lowest BCUT2D eigenvalue weighted by Crippen LogP contribution is -2.35. The predicted octanol–water partition coefficient (Wildman–Crippen LogP) is 4.18. The average Bonchev–Trinajstić information content (AvgIpc) is 2.53. The van der Waals surface area contributed by atoms with Crippen molar-refractivity contribution in [3.05, 3.63) is 29.3 Å². The molecule has 0 heterocycles. The lowest BCUT2D eigenvalue weighted by Gasteiger charge is -2.21. The molecule has 6 nitrogen and oxygen atoms in total. The maximum absolute atomic E-state index is 13.2. The van der Waals surface area contributed by atoms with Crippen LogP contribution in [0.3, 0.4) is 0 Å². The molecule has 0 saturated carbocycles. The third kappa shape index (κ3) is 5.50. The highest BCUT2D eigenvalue weighted by Gasteiger charge is 2.44. The Bertz CT molecular complexity index is 853. The maximum atomic E-state index is 13.2. The van der Waals surface area contributed by atoms with Crippen molar-refractivity contribution in [1.29, 1.82) is 0 Å². The predicted molar refractivity (Wildman–Crippen MR) is 106 cm³/mol. The summed E-state index contributed by atoms with van der Waals surface area (Å²) in [5.41, 5.74) is 8.78. The molecule has 0 N–H and O–H groups in total. The van der Waals surface area contributed by atoms with Gasteiger partial charge >= 0.3 is 5.04 Å². The Labute approximate surface area is 162 Å². The summed E-state index contributed by atoms with van der Waals surface area (Å²) in [7, 11) is -4.36. The number of benzene rings is 1. The van der Waals surface area contributed by atoms with Crippen molar-refractivity contribution in [2.45, 2.75) is 71.6 Å². The molecule has 0 aromatic heterocycles. The van der Waals surface area contributed by atoms with Gasteiger partial charge in [-0.1, -0.05) is 61.0 Å². The second kappa shape index (κ2) is 8.36. The van der Waals surface area contributed by atoms with Gasteiger partial charge in [-0.15, -0.1) is 4.79 Å². The molecule has 27 heavy (non-hydrogen) atoms. The van der Waals surface area contributed by atoms with E-state index in [0.717, 1.165) is 18.4 Å². The molecule has 7 heteroatoms. The fourth-order valence-electron chi connectivity index (χ4n) is 2.28. The number of nitrogens with zero attached hydrogens (tertiary/aromatic N) is 2. The Morgan fingerprint density at radius 2 is 1.74 bits per heavy atom. The second-order valence-corrected chi connectivity index (χ2v) is 10.4. The number of ether oxygens (including phenoxy) is 1. The summed E-state index contributed by atoms with van der Waals surface area (Å²) in [5.74, 6) is -0.607. The first kappa shape index (κ1) is 23.1. The minimum absolute atomic E-state index is 0.152. The molecular formula is C20H30N2O4S. The van der Waals surface area contributed by atoms with E-state index in [2.05, 4.69) is 4.79 Å². The number of carbonyl (C=O) groups is 1. The topological polar surface area (TPSA) is 96.8 Å². The first-order valence-electron chi connectivity index (χ1n) is 9.06. The summed E-state index contributed by atoms with van der Waals surface area (Å²) in [4.78, 5) is 15.3. The van der Waals surface area contributed by atoms with Crippen LogP contribution in [0.4, 0.5) is 0 Å². The van der Waals surface area contributed by atoms with Gasteiger partial charge in [0.05, 0.1) is 6.61 Å². The maximum Gasteiger partial charge on any atom is 0.452 e. The van der Waals surface area contributed by atoms with E-state index in [-0.39, 0.29) is 16.1 Å². The Morgan fingerprint density at radius 1 is 1.15 bits per heavy atom. The molecule has 150 valence electrons. The van der Waals surface area contributed by atoms with Crippen LogP contribution in [0.5, 0.6) is 5.75 Å². The number of carbonyl (C=O) groups excluding carboxylic acids is 1. The third-order valence-electron chi connectivity index (χ3n) is 4.08. The zero-order chi connectivity index (χ0) is 21.0. The molecule has 0 radical (unpaired) electrons. The van der Waals surface area contributed by atoms with Gasteiger partial charge in [-0.2, -0.15) is 0 Å². The Hall–Kier alpha value is -1.98. The molecule has 1 aromatic rings. The number of ketones is 1. The molecule has 0 bridgehead atoms. The smallest absolute Gasteiger partial charge is 0.452 e.